The van der Waals surface area contributed by atoms with Gasteiger partial charge in [0.2, 0.25) is 0 Å². The van der Waals surface area contributed by atoms with Crippen molar-refractivity contribution in [3.8, 4) is 0 Å². The first kappa shape index (κ1) is 12.7. The van der Waals surface area contributed by atoms with Gasteiger partial charge in [-0.3, -0.25) is 0 Å². The van der Waals surface area contributed by atoms with Crippen LogP contribution in [0.3, 0.4) is 0 Å². The van der Waals surface area contributed by atoms with Crippen LogP contribution in [0.15, 0.2) is 16.7 Å². The average Bonchev–Trinajstić information content (AvgIpc) is 2.73. The Hall–Kier alpha value is -0.800. The molecule has 1 aromatic rings. The van der Waals surface area contributed by atoms with Crippen LogP contribution in [0.25, 0.3) is 0 Å². The first-order valence-corrected chi connectivity index (χ1v) is 6.68. The number of hydrogen-bond acceptors (Lipinski definition) is 3. The van der Waals surface area contributed by atoms with Gasteiger partial charge in [0.05, 0.1) is 12.8 Å². The Bertz CT molecular complexity index is 327. The van der Waals surface area contributed by atoms with E-state index in [1.54, 1.807) is 6.26 Å². The van der Waals surface area contributed by atoms with Gasteiger partial charge < -0.3 is 14.6 Å². The van der Waals surface area contributed by atoms with Crippen molar-refractivity contribution in [3.05, 3.63) is 23.7 Å². The molecule has 17 heavy (non-hydrogen) atoms. The summed E-state index contributed by atoms with van der Waals surface area (Å²) in [4.78, 5) is 2.43. The van der Waals surface area contributed by atoms with E-state index in [9.17, 15) is 0 Å². The van der Waals surface area contributed by atoms with E-state index >= 15 is 0 Å². The number of nitrogens with zero attached hydrogens (tertiary/aromatic N) is 1. The summed E-state index contributed by atoms with van der Waals surface area (Å²) in [7, 11) is 2.22. The number of furan rings is 1. The summed E-state index contributed by atoms with van der Waals surface area (Å²) in [6, 6.07) is 2.02. The standard InChI is InChI=1S/C14H24N2O/c1-12-6-10-17-14(12)11-15-7-3-13-4-8-16(2)9-5-13/h6,10,13,15H,3-5,7-9,11H2,1-2H3. The number of rotatable bonds is 5. The molecule has 0 unspecified atom stereocenters. The van der Waals surface area contributed by atoms with Crippen molar-refractivity contribution in [2.75, 3.05) is 26.7 Å². The van der Waals surface area contributed by atoms with Crippen LogP contribution in [0.5, 0.6) is 0 Å². The second-order valence-corrected chi connectivity index (χ2v) is 5.24. The smallest absolute Gasteiger partial charge is 0.120 e. The van der Waals surface area contributed by atoms with Gasteiger partial charge in [-0.05, 0) is 70.4 Å². The first-order chi connectivity index (χ1) is 8.25. The van der Waals surface area contributed by atoms with Crippen molar-refractivity contribution >= 4 is 0 Å². The predicted molar refractivity (Wildman–Crippen MR) is 70.0 cm³/mol. The third kappa shape index (κ3) is 3.86. The lowest BCUT2D eigenvalue weighted by Crippen LogP contribution is -2.31. The summed E-state index contributed by atoms with van der Waals surface area (Å²) in [6.45, 7) is 6.60. The van der Waals surface area contributed by atoms with Gasteiger partial charge in [-0.25, -0.2) is 0 Å². The van der Waals surface area contributed by atoms with Crippen LogP contribution >= 0.6 is 0 Å². The Morgan fingerprint density at radius 1 is 1.41 bits per heavy atom. The van der Waals surface area contributed by atoms with Crippen LogP contribution in [-0.4, -0.2) is 31.6 Å². The van der Waals surface area contributed by atoms with Gasteiger partial charge in [-0.1, -0.05) is 0 Å². The van der Waals surface area contributed by atoms with Crippen molar-refractivity contribution in [2.24, 2.45) is 5.92 Å². The van der Waals surface area contributed by atoms with E-state index in [2.05, 4.69) is 24.2 Å². The zero-order valence-corrected chi connectivity index (χ0v) is 11.0. The van der Waals surface area contributed by atoms with E-state index < -0.39 is 0 Å². The predicted octanol–water partition coefficient (Wildman–Crippen LogP) is 2.41. The number of hydrogen-bond donors (Lipinski definition) is 1. The molecule has 96 valence electrons. The van der Waals surface area contributed by atoms with E-state index in [1.165, 1.54) is 37.9 Å². The van der Waals surface area contributed by atoms with E-state index in [1.807, 2.05) is 6.07 Å². The van der Waals surface area contributed by atoms with Crippen molar-refractivity contribution in [1.82, 2.24) is 10.2 Å². The zero-order valence-electron chi connectivity index (χ0n) is 11.0. The third-order valence-corrected chi connectivity index (χ3v) is 3.82. The van der Waals surface area contributed by atoms with E-state index in [-0.39, 0.29) is 0 Å². The van der Waals surface area contributed by atoms with Gasteiger partial charge in [0.1, 0.15) is 5.76 Å². The molecule has 0 bridgehead atoms. The number of nitrogens with one attached hydrogen (secondary N) is 1. The topological polar surface area (TPSA) is 28.4 Å². The molecule has 2 rings (SSSR count). The Kier molecular flexibility index (Phi) is 4.63. The molecular weight excluding hydrogens is 212 g/mol. The molecule has 0 atom stereocenters. The zero-order chi connectivity index (χ0) is 12.1. The molecule has 1 aromatic heterocycles. The fourth-order valence-corrected chi connectivity index (χ4v) is 2.44. The minimum absolute atomic E-state index is 0.867. The van der Waals surface area contributed by atoms with Crippen LogP contribution in [-0.2, 0) is 6.54 Å². The van der Waals surface area contributed by atoms with Gasteiger partial charge in [-0.2, -0.15) is 0 Å². The summed E-state index contributed by atoms with van der Waals surface area (Å²) in [6.07, 6.45) is 5.78. The summed E-state index contributed by atoms with van der Waals surface area (Å²) in [5.41, 5.74) is 1.25. The van der Waals surface area contributed by atoms with Crippen LogP contribution < -0.4 is 5.32 Å². The minimum Gasteiger partial charge on any atom is -0.468 e. The van der Waals surface area contributed by atoms with Crippen LogP contribution in [0.4, 0.5) is 0 Å². The largest absolute Gasteiger partial charge is 0.468 e. The van der Waals surface area contributed by atoms with Crippen LogP contribution in [0.1, 0.15) is 30.6 Å². The van der Waals surface area contributed by atoms with Crippen molar-refractivity contribution in [1.29, 1.82) is 0 Å². The monoisotopic (exact) mass is 236 g/mol. The van der Waals surface area contributed by atoms with E-state index in [0.717, 1.165) is 24.8 Å². The van der Waals surface area contributed by atoms with Gasteiger partial charge in [0, 0.05) is 0 Å². The SMILES string of the molecule is Cc1ccoc1CNCCC1CCN(C)CC1. The summed E-state index contributed by atoms with van der Waals surface area (Å²) < 4.78 is 5.40. The van der Waals surface area contributed by atoms with E-state index in [0.29, 0.717) is 0 Å². The highest BCUT2D eigenvalue weighted by molar-refractivity contribution is 5.13. The normalized spacial score (nSPS) is 18.7. The Morgan fingerprint density at radius 2 is 2.18 bits per heavy atom. The lowest BCUT2D eigenvalue weighted by Gasteiger charge is -2.28. The summed E-state index contributed by atoms with van der Waals surface area (Å²) in [5, 5.41) is 3.48. The molecule has 1 fully saturated rings. The molecule has 0 amide bonds. The average molecular weight is 236 g/mol. The molecule has 0 saturated carbocycles. The molecule has 3 heteroatoms. The van der Waals surface area contributed by atoms with Gasteiger partial charge in [-0.15, -0.1) is 0 Å². The van der Waals surface area contributed by atoms with Crippen molar-refractivity contribution in [3.63, 3.8) is 0 Å². The van der Waals surface area contributed by atoms with Crippen molar-refractivity contribution < 1.29 is 4.42 Å². The maximum absolute atomic E-state index is 5.40. The van der Waals surface area contributed by atoms with Gasteiger partial charge in [0.25, 0.3) is 0 Å². The second-order valence-electron chi connectivity index (χ2n) is 5.24. The fraction of sp³-hybridized carbons (Fsp3) is 0.714. The Labute approximate surface area is 104 Å². The Balaban J connectivity index is 1.59. The fourth-order valence-electron chi connectivity index (χ4n) is 2.44. The molecule has 0 radical (unpaired) electrons. The second kappa shape index (κ2) is 6.22. The van der Waals surface area contributed by atoms with E-state index in [4.69, 9.17) is 4.42 Å². The molecule has 1 saturated heterocycles. The molecule has 0 aromatic carbocycles. The lowest BCUT2D eigenvalue weighted by molar-refractivity contribution is 0.211. The Morgan fingerprint density at radius 3 is 2.82 bits per heavy atom. The quantitative estimate of drug-likeness (QED) is 0.796. The molecule has 0 aliphatic carbocycles. The lowest BCUT2D eigenvalue weighted by atomic mass is 9.94. The molecule has 3 nitrogen and oxygen atoms in total. The molecule has 2 heterocycles. The molecular formula is C14H24N2O. The van der Waals surface area contributed by atoms with Gasteiger partial charge >= 0.3 is 0 Å². The van der Waals surface area contributed by atoms with Gasteiger partial charge in [0.15, 0.2) is 0 Å². The highest BCUT2D eigenvalue weighted by Gasteiger charge is 2.15. The highest BCUT2D eigenvalue weighted by Crippen LogP contribution is 2.18. The summed E-state index contributed by atoms with van der Waals surface area (Å²) >= 11 is 0. The van der Waals surface area contributed by atoms with Crippen molar-refractivity contribution in [2.45, 2.75) is 32.7 Å². The van der Waals surface area contributed by atoms with Crippen LogP contribution in [0.2, 0.25) is 0 Å². The number of likely N-dealkylation sites (tertiary alicyclic amines) is 1. The minimum atomic E-state index is 0.867. The molecule has 0 spiro atoms. The van der Waals surface area contributed by atoms with Crippen LogP contribution in [0, 0.1) is 12.8 Å². The number of piperidine rings is 1. The summed E-state index contributed by atoms with van der Waals surface area (Å²) in [5.74, 6) is 1.99. The number of aryl methyl sites for hydroxylation is 1. The molecule has 1 N–H and O–H groups in total. The highest BCUT2D eigenvalue weighted by atomic mass is 16.3. The molecule has 1 aliphatic rings. The maximum atomic E-state index is 5.40. The first-order valence-electron chi connectivity index (χ1n) is 6.68. The third-order valence-electron chi connectivity index (χ3n) is 3.82. The maximum Gasteiger partial charge on any atom is 0.120 e. The molecule has 1 aliphatic heterocycles.